The van der Waals surface area contributed by atoms with Crippen molar-refractivity contribution in [3.8, 4) is 6.07 Å². The van der Waals surface area contributed by atoms with Crippen molar-refractivity contribution in [2.24, 2.45) is 0 Å². The summed E-state index contributed by atoms with van der Waals surface area (Å²) in [7, 11) is 0. The highest BCUT2D eigenvalue weighted by Gasteiger charge is 2.55. The highest BCUT2D eigenvalue weighted by molar-refractivity contribution is 6.08. The van der Waals surface area contributed by atoms with Gasteiger partial charge in [0.1, 0.15) is 5.54 Å². The highest BCUT2D eigenvalue weighted by Crippen LogP contribution is 2.41. The molecule has 4 rings (SSSR count). The monoisotopic (exact) mass is 317 g/mol. The van der Waals surface area contributed by atoms with Gasteiger partial charge >= 0.3 is 6.03 Å². The molecule has 0 unspecified atom stereocenters. The van der Waals surface area contributed by atoms with E-state index in [9.17, 15) is 9.59 Å². The SMILES string of the molecule is N#Cc1ccc(CN2C(=O)N[C@@]3(CCc4ccccc43)C2=O)cc1. The van der Waals surface area contributed by atoms with Gasteiger partial charge in [-0.2, -0.15) is 5.26 Å². The first-order valence-corrected chi connectivity index (χ1v) is 7.85. The van der Waals surface area contributed by atoms with Crippen LogP contribution in [0.1, 0.15) is 28.7 Å². The average Bonchev–Trinajstić information content (AvgIpc) is 3.10. The number of rotatable bonds is 2. The molecule has 0 radical (unpaired) electrons. The fourth-order valence-electron chi connectivity index (χ4n) is 3.60. The van der Waals surface area contributed by atoms with E-state index in [1.807, 2.05) is 24.3 Å². The van der Waals surface area contributed by atoms with Crippen LogP contribution in [0, 0.1) is 11.3 Å². The number of hydrogen-bond acceptors (Lipinski definition) is 3. The van der Waals surface area contributed by atoms with Crippen molar-refractivity contribution in [1.29, 1.82) is 5.26 Å². The molecule has 0 aromatic heterocycles. The molecule has 1 aliphatic heterocycles. The molecular weight excluding hydrogens is 302 g/mol. The zero-order chi connectivity index (χ0) is 16.7. The summed E-state index contributed by atoms with van der Waals surface area (Å²) in [6.07, 6.45) is 1.38. The molecule has 1 heterocycles. The van der Waals surface area contributed by atoms with Crippen LogP contribution in [0.3, 0.4) is 0 Å². The van der Waals surface area contributed by atoms with E-state index in [1.165, 1.54) is 4.90 Å². The van der Waals surface area contributed by atoms with E-state index >= 15 is 0 Å². The third-order valence-corrected chi connectivity index (χ3v) is 4.85. The predicted octanol–water partition coefficient (Wildman–Crippen LogP) is 2.45. The van der Waals surface area contributed by atoms with Crippen molar-refractivity contribution >= 4 is 11.9 Å². The van der Waals surface area contributed by atoms with Gasteiger partial charge in [-0.3, -0.25) is 9.69 Å². The van der Waals surface area contributed by atoms with E-state index < -0.39 is 5.54 Å². The first kappa shape index (κ1) is 14.5. The quantitative estimate of drug-likeness (QED) is 0.865. The number of carbonyl (C=O) groups is 2. The lowest BCUT2D eigenvalue weighted by Gasteiger charge is -2.22. The second kappa shape index (κ2) is 5.20. The van der Waals surface area contributed by atoms with Crippen LogP contribution in [0.25, 0.3) is 0 Å². The molecule has 1 N–H and O–H groups in total. The number of aryl methyl sites for hydroxylation is 1. The Labute approximate surface area is 139 Å². The lowest BCUT2D eigenvalue weighted by Crippen LogP contribution is -2.41. The van der Waals surface area contributed by atoms with Crippen molar-refractivity contribution in [3.63, 3.8) is 0 Å². The van der Waals surface area contributed by atoms with Crippen molar-refractivity contribution in [1.82, 2.24) is 10.2 Å². The Hall–Kier alpha value is -3.13. The Morgan fingerprint density at radius 2 is 1.88 bits per heavy atom. The molecule has 2 aromatic carbocycles. The van der Waals surface area contributed by atoms with Crippen LogP contribution in [0.2, 0.25) is 0 Å². The Morgan fingerprint density at radius 3 is 2.62 bits per heavy atom. The number of benzene rings is 2. The summed E-state index contributed by atoms with van der Waals surface area (Å²) < 4.78 is 0. The maximum Gasteiger partial charge on any atom is 0.325 e. The lowest BCUT2D eigenvalue weighted by molar-refractivity contribution is -0.132. The summed E-state index contributed by atoms with van der Waals surface area (Å²) in [5.74, 6) is -0.193. The molecule has 24 heavy (non-hydrogen) atoms. The summed E-state index contributed by atoms with van der Waals surface area (Å²) in [5, 5.41) is 11.8. The molecule has 1 spiro atoms. The zero-order valence-electron chi connectivity index (χ0n) is 13.0. The zero-order valence-corrected chi connectivity index (χ0v) is 13.0. The molecule has 5 nitrogen and oxygen atoms in total. The molecule has 2 aliphatic rings. The van der Waals surface area contributed by atoms with Crippen molar-refractivity contribution in [2.75, 3.05) is 0 Å². The van der Waals surface area contributed by atoms with E-state index in [0.717, 1.165) is 23.1 Å². The largest absolute Gasteiger partial charge is 0.325 e. The van der Waals surface area contributed by atoms with Gasteiger partial charge in [-0.15, -0.1) is 0 Å². The lowest BCUT2D eigenvalue weighted by atomic mass is 9.92. The van der Waals surface area contributed by atoms with Crippen molar-refractivity contribution < 1.29 is 9.59 Å². The van der Waals surface area contributed by atoms with E-state index in [2.05, 4.69) is 11.4 Å². The van der Waals surface area contributed by atoms with Gasteiger partial charge in [0, 0.05) is 0 Å². The van der Waals surface area contributed by atoms with Crippen LogP contribution in [0.5, 0.6) is 0 Å². The predicted molar refractivity (Wildman–Crippen MR) is 86.7 cm³/mol. The van der Waals surface area contributed by atoms with Gasteiger partial charge in [0.25, 0.3) is 5.91 Å². The van der Waals surface area contributed by atoms with Gasteiger partial charge in [0.15, 0.2) is 0 Å². The molecular formula is C19H15N3O2. The van der Waals surface area contributed by atoms with E-state index in [4.69, 9.17) is 5.26 Å². The summed E-state index contributed by atoms with van der Waals surface area (Å²) >= 11 is 0. The van der Waals surface area contributed by atoms with Gasteiger partial charge in [0.2, 0.25) is 0 Å². The summed E-state index contributed by atoms with van der Waals surface area (Å²) in [5.41, 5.74) is 2.48. The molecule has 1 fully saturated rings. The van der Waals surface area contributed by atoms with Crippen LogP contribution in [-0.2, 0) is 23.3 Å². The maximum absolute atomic E-state index is 13.0. The third kappa shape index (κ3) is 2.00. The molecule has 1 saturated heterocycles. The fraction of sp³-hybridized carbons (Fsp3) is 0.211. The molecule has 1 aliphatic carbocycles. The maximum atomic E-state index is 13.0. The first-order chi connectivity index (χ1) is 11.6. The Bertz CT molecular complexity index is 882. The molecule has 0 bridgehead atoms. The van der Waals surface area contributed by atoms with E-state index in [-0.39, 0.29) is 18.5 Å². The second-order valence-electron chi connectivity index (χ2n) is 6.19. The number of hydrogen-bond donors (Lipinski definition) is 1. The van der Waals surface area contributed by atoms with Gasteiger partial charge in [-0.05, 0) is 41.7 Å². The number of amides is 3. The van der Waals surface area contributed by atoms with Crippen molar-refractivity contribution in [3.05, 3.63) is 70.8 Å². The molecule has 2 aromatic rings. The van der Waals surface area contributed by atoms with Gasteiger partial charge in [-0.25, -0.2) is 4.79 Å². The topological polar surface area (TPSA) is 73.2 Å². The second-order valence-corrected chi connectivity index (χ2v) is 6.19. The Kier molecular flexibility index (Phi) is 3.14. The first-order valence-electron chi connectivity index (χ1n) is 7.85. The van der Waals surface area contributed by atoms with Crippen molar-refractivity contribution in [2.45, 2.75) is 24.9 Å². The number of carbonyl (C=O) groups excluding carboxylic acids is 2. The Balaban J connectivity index is 1.64. The normalized spacial score (nSPS) is 21.7. The minimum Gasteiger partial charge on any atom is -0.319 e. The van der Waals surface area contributed by atoms with E-state index in [0.29, 0.717) is 12.0 Å². The number of fused-ring (bicyclic) bond motifs is 2. The number of nitriles is 1. The average molecular weight is 317 g/mol. The highest BCUT2D eigenvalue weighted by atomic mass is 16.2. The van der Waals surface area contributed by atoms with Gasteiger partial charge in [-0.1, -0.05) is 36.4 Å². The smallest absolute Gasteiger partial charge is 0.319 e. The number of nitrogens with zero attached hydrogens (tertiary/aromatic N) is 2. The summed E-state index contributed by atoms with van der Waals surface area (Å²) in [6.45, 7) is 0.209. The minimum atomic E-state index is -0.916. The number of imide groups is 1. The van der Waals surface area contributed by atoms with Crippen LogP contribution in [0.4, 0.5) is 4.79 Å². The summed E-state index contributed by atoms with van der Waals surface area (Å²) in [4.78, 5) is 26.7. The molecule has 5 heteroatoms. The van der Waals surface area contributed by atoms with E-state index in [1.54, 1.807) is 24.3 Å². The molecule has 3 amide bonds. The Morgan fingerprint density at radius 1 is 1.12 bits per heavy atom. The molecule has 1 atom stereocenters. The van der Waals surface area contributed by atoms with Crippen LogP contribution < -0.4 is 5.32 Å². The standard InChI is InChI=1S/C19H15N3O2/c20-11-13-5-7-14(8-6-13)12-22-17(23)19(21-18(22)24)10-9-15-3-1-2-4-16(15)19/h1-8H,9-10,12H2,(H,21,24)/t19-/m1/s1. The van der Waals surface area contributed by atoms with Crippen LogP contribution in [-0.4, -0.2) is 16.8 Å². The number of urea groups is 1. The molecule has 118 valence electrons. The minimum absolute atomic E-state index is 0.193. The third-order valence-electron chi connectivity index (χ3n) is 4.85. The molecule has 0 saturated carbocycles. The number of nitrogens with one attached hydrogen (secondary N) is 1. The van der Waals surface area contributed by atoms with Gasteiger partial charge < -0.3 is 5.32 Å². The van der Waals surface area contributed by atoms with Gasteiger partial charge in [0.05, 0.1) is 18.2 Å². The van der Waals surface area contributed by atoms with Crippen LogP contribution >= 0.6 is 0 Å². The fourth-order valence-corrected chi connectivity index (χ4v) is 3.60. The summed E-state index contributed by atoms with van der Waals surface area (Å²) in [6, 6.07) is 16.4. The van der Waals surface area contributed by atoms with Crippen LogP contribution in [0.15, 0.2) is 48.5 Å².